The Labute approximate surface area is 117 Å². The minimum absolute atomic E-state index is 0.145. The summed E-state index contributed by atoms with van der Waals surface area (Å²) in [6.07, 6.45) is 5.84. The lowest BCUT2D eigenvalue weighted by Crippen LogP contribution is -2.44. The van der Waals surface area contributed by atoms with Crippen LogP contribution in [0.3, 0.4) is 0 Å². The van der Waals surface area contributed by atoms with Gasteiger partial charge in [0, 0.05) is 19.6 Å². The first-order valence-corrected chi connectivity index (χ1v) is 8.85. The van der Waals surface area contributed by atoms with E-state index in [1.54, 1.807) is 4.31 Å². The molecule has 110 valence electrons. The van der Waals surface area contributed by atoms with Gasteiger partial charge in [0.1, 0.15) is 0 Å². The van der Waals surface area contributed by atoms with E-state index in [4.69, 9.17) is 0 Å². The molecule has 19 heavy (non-hydrogen) atoms. The molecule has 0 unspecified atom stereocenters. The molecule has 0 aromatic carbocycles. The summed E-state index contributed by atoms with van der Waals surface area (Å²) in [6, 6.07) is 0. The van der Waals surface area contributed by atoms with Crippen LogP contribution in [0.25, 0.3) is 0 Å². The molecule has 2 heterocycles. The molecule has 0 bridgehead atoms. The van der Waals surface area contributed by atoms with E-state index in [1.807, 2.05) is 0 Å². The van der Waals surface area contributed by atoms with Crippen molar-refractivity contribution in [3.8, 4) is 0 Å². The maximum atomic E-state index is 12.5. The zero-order valence-corrected chi connectivity index (χ0v) is 13.0. The Hall–Kier alpha value is -0.390. The van der Waals surface area contributed by atoms with Crippen LogP contribution < -0.4 is 0 Å². The molecular weight excluding hydrogens is 260 g/mol. The zero-order chi connectivity index (χ0) is 13.9. The van der Waals surface area contributed by atoms with Crippen LogP contribution in [0.4, 0.5) is 0 Å². The van der Waals surface area contributed by atoms with Gasteiger partial charge < -0.3 is 0 Å². The molecule has 0 spiro atoms. The largest absolute Gasteiger partial charge is 0.300 e. The van der Waals surface area contributed by atoms with Gasteiger partial charge in [-0.15, -0.1) is 0 Å². The van der Waals surface area contributed by atoms with Crippen LogP contribution in [0.15, 0.2) is 11.6 Å². The number of sulfonamides is 1. The number of hydrogen-bond acceptors (Lipinski definition) is 3. The van der Waals surface area contributed by atoms with Gasteiger partial charge >= 0.3 is 0 Å². The molecule has 2 aliphatic rings. The molecule has 2 aliphatic heterocycles. The van der Waals surface area contributed by atoms with Gasteiger partial charge in [0.15, 0.2) is 0 Å². The first-order valence-electron chi connectivity index (χ1n) is 7.35. The van der Waals surface area contributed by atoms with Crippen molar-refractivity contribution in [1.29, 1.82) is 0 Å². The van der Waals surface area contributed by atoms with E-state index < -0.39 is 10.0 Å². The summed E-state index contributed by atoms with van der Waals surface area (Å²) in [4.78, 5) is 2.35. The second-order valence-corrected chi connectivity index (χ2v) is 8.15. The summed E-state index contributed by atoms with van der Waals surface area (Å²) in [5, 5.41) is -0.145. The molecule has 0 radical (unpaired) electrons. The van der Waals surface area contributed by atoms with Gasteiger partial charge in [-0.25, -0.2) is 12.7 Å². The van der Waals surface area contributed by atoms with Gasteiger partial charge in [-0.3, -0.25) is 4.90 Å². The predicted octanol–water partition coefficient (Wildman–Crippen LogP) is 1.84. The Morgan fingerprint density at radius 2 is 1.68 bits per heavy atom. The molecule has 0 saturated carbocycles. The fourth-order valence-corrected chi connectivity index (χ4v) is 4.85. The zero-order valence-electron chi connectivity index (χ0n) is 12.1. The number of nitrogens with zero attached hydrogens (tertiary/aromatic N) is 2. The minimum atomic E-state index is -3.03. The summed E-state index contributed by atoms with van der Waals surface area (Å²) < 4.78 is 26.6. The van der Waals surface area contributed by atoms with Gasteiger partial charge in [-0.2, -0.15) is 0 Å². The Morgan fingerprint density at radius 1 is 1.11 bits per heavy atom. The Bertz CT molecular complexity index is 413. The highest BCUT2D eigenvalue weighted by Crippen LogP contribution is 2.24. The van der Waals surface area contributed by atoms with Crippen LogP contribution >= 0.6 is 0 Å². The third kappa shape index (κ3) is 3.80. The average Bonchev–Trinajstić information content (AvgIpc) is 2.91. The van der Waals surface area contributed by atoms with Gasteiger partial charge in [0.2, 0.25) is 10.0 Å². The molecule has 0 aliphatic carbocycles. The predicted molar refractivity (Wildman–Crippen MR) is 78.6 cm³/mol. The summed E-state index contributed by atoms with van der Waals surface area (Å²) in [5.41, 5.74) is 1.33. The van der Waals surface area contributed by atoms with Crippen molar-refractivity contribution in [2.45, 2.75) is 44.8 Å². The highest BCUT2D eigenvalue weighted by molar-refractivity contribution is 7.89. The van der Waals surface area contributed by atoms with Crippen molar-refractivity contribution in [2.24, 2.45) is 0 Å². The van der Waals surface area contributed by atoms with E-state index in [0.717, 1.165) is 58.4 Å². The molecule has 2 rings (SSSR count). The van der Waals surface area contributed by atoms with Crippen LogP contribution in [-0.2, 0) is 10.0 Å². The van der Waals surface area contributed by atoms with Crippen LogP contribution in [0.5, 0.6) is 0 Å². The average molecular weight is 286 g/mol. The third-order valence-electron chi connectivity index (χ3n) is 4.14. The minimum Gasteiger partial charge on any atom is -0.300 e. The number of hydrogen-bond donors (Lipinski definition) is 0. The fourth-order valence-electron chi connectivity index (χ4n) is 2.85. The molecule has 2 saturated heterocycles. The van der Waals surface area contributed by atoms with Crippen molar-refractivity contribution in [2.75, 3.05) is 32.7 Å². The topological polar surface area (TPSA) is 40.6 Å². The van der Waals surface area contributed by atoms with Crippen molar-refractivity contribution in [3.63, 3.8) is 0 Å². The Kier molecular flexibility index (Phi) is 5.03. The fraction of sp³-hybridized carbons (Fsp3) is 0.857. The number of allylic oxidation sites excluding steroid dienone is 1. The Morgan fingerprint density at radius 3 is 2.21 bits per heavy atom. The quantitative estimate of drug-likeness (QED) is 0.741. The monoisotopic (exact) mass is 286 g/mol. The Balaban J connectivity index is 1.87. The summed E-state index contributed by atoms with van der Waals surface area (Å²) in [7, 11) is -3.03. The number of likely N-dealkylation sites (tertiary alicyclic amines) is 1. The van der Waals surface area contributed by atoms with Crippen LogP contribution in [0, 0.1) is 0 Å². The maximum absolute atomic E-state index is 12.5. The number of piperidine rings is 1. The number of rotatable bonds is 4. The van der Waals surface area contributed by atoms with E-state index in [-0.39, 0.29) is 5.25 Å². The summed E-state index contributed by atoms with van der Waals surface area (Å²) in [6.45, 7) is 8.44. The van der Waals surface area contributed by atoms with Gasteiger partial charge in [0.05, 0.1) is 5.25 Å². The molecule has 4 nitrogen and oxygen atoms in total. The highest BCUT2D eigenvalue weighted by atomic mass is 32.2. The molecule has 5 heteroatoms. The van der Waals surface area contributed by atoms with E-state index in [9.17, 15) is 8.42 Å². The molecule has 0 amide bonds. The second kappa shape index (κ2) is 6.37. The van der Waals surface area contributed by atoms with Crippen molar-refractivity contribution in [1.82, 2.24) is 9.21 Å². The van der Waals surface area contributed by atoms with Gasteiger partial charge in [0.25, 0.3) is 0 Å². The van der Waals surface area contributed by atoms with Crippen molar-refractivity contribution < 1.29 is 8.42 Å². The molecular formula is C14H26N2O2S. The van der Waals surface area contributed by atoms with E-state index >= 15 is 0 Å². The van der Waals surface area contributed by atoms with Crippen molar-refractivity contribution >= 4 is 10.0 Å². The van der Waals surface area contributed by atoms with E-state index in [2.05, 4.69) is 24.8 Å². The van der Waals surface area contributed by atoms with E-state index in [0.29, 0.717) is 0 Å². The first-order chi connectivity index (χ1) is 9.00. The SMILES string of the molecule is CC(C)=CCN1CCC(S(=O)(=O)N2CCCC2)CC1. The molecule has 0 atom stereocenters. The normalized spacial score (nSPS) is 23.7. The third-order valence-corrected chi connectivity index (χ3v) is 6.54. The van der Waals surface area contributed by atoms with Gasteiger partial charge in [-0.1, -0.05) is 11.6 Å². The summed E-state index contributed by atoms with van der Waals surface area (Å²) in [5.74, 6) is 0. The molecule has 0 aromatic heterocycles. The maximum Gasteiger partial charge on any atom is 0.217 e. The van der Waals surface area contributed by atoms with E-state index in [1.165, 1.54) is 5.57 Å². The molecule has 2 fully saturated rings. The standard InChI is InChI=1S/C14H26N2O2S/c1-13(2)5-10-15-11-6-14(7-12-15)19(17,18)16-8-3-4-9-16/h5,14H,3-4,6-12H2,1-2H3. The highest BCUT2D eigenvalue weighted by Gasteiger charge is 2.35. The van der Waals surface area contributed by atoms with Crippen LogP contribution in [0.1, 0.15) is 39.5 Å². The lowest BCUT2D eigenvalue weighted by atomic mass is 10.1. The molecule has 0 aromatic rings. The van der Waals surface area contributed by atoms with Crippen LogP contribution in [-0.4, -0.2) is 55.6 Å². The lowest BCUT2D eigenvalue weighted by Gasteiger charge is -2.33. The van der Waals surface area contributed by atoms with Crippen LogP contribution in [0.2, 0.25) is 0 Å². The van der Waals surface area contributed by atoms with Crippen molar-refractivity contribution in [3.05, 3.63) is 11.6 Å². The first kappa shape index (κ1) is 15.0. The summed E-state index contributed by atoms with van der Waals surface area (Å²) >= 11 is 0. The molecule has 0 N–H and O–H groups in total. The van der Waals surface area contributed by atoms with Gasteiger partial charge in [-0.05, 0) is 52.6 Å². The smallest absolute Gasteiger partial charge is 0.217 e. The second-order valence-electron chi connectivity index (χ2n) is 5.93. The lowest BCUT2D eigenvalue weighted by molar-refractivity contribution is 0.249.